The molecule has 1 aliphatic carbocycles. The van der Waals surface area contributed by atoms with Gasteiger partial charge in [0.1, 0.15) is 5.75 Å². The lowest BCUT2D eigenvalue weighted by Gasteiger charge is -2.23. The van der Waals surface area contributed by atoms with Crippen molar-refractivity contribution in [3.63, 3.8) is 0 Å². The van der Waals surface area contributed by atoms with Crippen LogP contribution in [0.2, 0.25) is 0 Å². The lowest BCUT2D eigenvalue weighted by molar-refractivity contribution is 0.199. The molecular formula is C22H22N6O2. The van der Waals surface area contributed by atoms with Gasteiger partial charge in [0.15, 0.2) is 5.82 Å². The van der Waals surface area contributed by atoms with E-state index in [-0.39, 0.29) is 5.75 Å². The van der Waals surface area contributed by atoms with Crippen LogP contribution in [0.4, 0.5) is 10.6 Å². The number of aromatic amines is 1. The number of carbonyl (C=O) groups is 1. The number of nitrogens with one attached hydrogen (secondary N) is 2. The zero-order valence-electron chi connectivity index (χ0n) is 16.3. The molecule has 5 rings (SSSR count). The molecule has 2 amide bonds. The SMILES string of the molecule is O=C(Nc1cc(C2CCC2)[nH]n1)N1N=C(c2cccnc2)CC1c1ccccc1O. The van der Waals surface area contributed by atoms with Gasteiger partial charge in [0.05, 0.1) is 11.8 Å². The quantitative estimate of drug-likeness (QED) is 0.609. The van der Waals surface area contributed by atoms with Gasteiger partial charge in [-0.3, -0.25) is 15.4 Å². The molecule has 0 bridgehead atoms. The fourth-order valence-corrected chi connectivity index (χ4v) is 3.91. The van der Waals surface area contributed by atoms with Gasteiger partial charge in [-0.15, -0.1) is 0 Å². The van der Waals surface area contributed by atoms with Crippen molar-refractivity contribution >= 4 is 17.6 Å². The zero-order valence-corrected chi connectivity index (χ0v) is 16.3. The monoisotopic (exact) mass is 402 g/mol. The van der Waals surface area contributed by atoms with Crippen LogP contribution in [-0.2, 0) is 0 Å². The Bertz CT molecular complexity index is 1090. The maximum atomic E-state index is 13.1. The number of para-hydroxylation sites is 1. The van der Waals surface area contributed by atoms with E-state index in [4.69, 9.17) is 0 Å². The minimum atomic E-state index is -0.425. The highest BCUT2D eigenvalue weighted by Crippen LogP contribution is 2.38. The lowest BCUT2D eigenvalue weighted by Crippen LogP contribution is -2.31. The molecule has 3 N–H and O–H groups in total. The number of rotatable bonds is 4. The van der Waals surface area contributed by atoms with Crippen LogP contribution in [0.5, 0.6) is 5.75 Å². The Kier molecular flexibility index (Phi) is 4.66. The van der Waals surface area contributed by atoms with Gasteiger partial charge in [-0.05, 0) is 25.0 Å². The van der Waals surface area contributed by atoms with E-state index < -0.39 is 12.1 Å². The van der Waals surface area contributed by atoms with Crippen LogP contribution in [0.3, 0.4) is 0 Å². The number of phenolic OH excluding ortho intramolecular Hbond substituents is 1. The Balaban J connectivity index is 1.42. The Morgan fingerprint density at radius 1 is 1.20 bits per heavy atom. The van der Waals surface area contributed by atoms with E-state index >= 15 is 0 Å². The number of phenols is 1. The topological polar surface area (TPSA) is 106 Å². The van der Waals surface area contributed by atoms with Crippen LogP contribution in [0.25, 0.3) is 0 Å². The highest BCUT2D eigenvalue weighted by atomic mass is 16.3. The van der Waals surface area contributed by atoms with E-state index in [1.54, 1.807) is 24.5 Å². The summed E-state index contributed by atoms with van der Waals surface area (Å²) in [6.45, 7) is 0. The number of urea groups is 1. The highest BCUT2D eigenvalue weighted by molar-refractivity contribution is 6.03. The van der Waals surface area contributed by atoms with Crippen LogP contribution in [0.1, 0.15) is 54.5 Å². The predicted molar refractivity (Wildman–Crippen MR) is 112 cm³/mol. The molecule has 3 heterocycles. The van der Waals surface area contributed by atoms with Gasteiger partial charge in [0.2, 0.25) is 0 Å². The van der Waals surface area contributed by atoms with Gasteiger partial charge in [-0.2, -0.15) is 10.2 Å². The van der Waals surface area contributed by atoms with Crippen molar-refractivity contribution in [3.8, 4) is 5.75 Å². The minimum absolute atomic E-state index is 0.134. The van der Waals surface area contributed by atoms with Gasteiger partial charge < -0.3 is 5.11 Å². The van der Waals surface area contributed by atoms with Crippen molar-refractivity contribution in [1.29, 1.82) is 0 Å². The number of aromatic nitrogens is 3. The zero-order chi connectivity index (χ0) is 20.5. The molecule has 1 saturated carbocycles. The summed E-state index contributed by atoms with van der Waals surface area (Å²) in [4.78, 5) is 17.3. The Morgan fingerprint density at radius 2 is 2.07 bits per heavy atom. The van der Waals surface area contributed by atoms with E-state index in [0.717, 1.165) is 29.8 Å². The molecule has 1 fully saturated rings. The molecule has 2 aliphatic rings. The molecule has 8 heteroatoms. The van der Waals surface area contributed by atoms with Crippen molar-refractivity contribution in [2.45, 2.75) is 37.6 Å². The number of hydrogen-bond acceptors (Lipinski definition) is 5. The Labute approximate surface area is 173 Å². The molecule has 8 nitrogen and oxygen atoms in total. The molecule has 152 valence electrons. The maximum Gasteiger partial charge on any atom is 0.344 e. The number of H-pyrrole nitrogens is 1. The normalized spacial score (nSPS) is 18.7. The number of pyridine rings is 1. The molecule has 0 radical (unpaired) electrons. The molecule has 30 heavy (non-hydrogen) atoms. The van der Waals surface area contributed by atoms with Gasteiger partial charge in [-0.25, -0.2) is 9.80 Å². The third-order valence-electron chi connectivity index (χ3n) is 5.79. The average Bonchev–Trinajstić information content (AvgIpc) is 3.35. The summed E-state index contributed by atoms with van der Waals surface area (Å²) in [7, 11) is 0. The molecule has 1 atom stereocenters. The summed E-state index contributed by atoms with van der Waals surface area (Å²) in [5.41, 5.74) is 3.28. The number of aromatic hydroxyl groups is 1. The molecule has 0 spiro atoms. The van der Waals surface area contributed by atoms with Crippen LogP contribution < -0.4 is 5.32 Å². The molecule has 2 aromatic heterocycles. The first-order valence-electron chi connectivity index (χ1n) is 10.1. The van der Waals surface area contributed by atoms with Crippen molar-refractivity contribution < 1.29 is 9.90 Å². The largest absolute Gasteiger partial charge is 0.508 e. The number of hydrazone groups is 1. The summed E-state index contributed by atoms with van der Waals surface area (Å²) >= 11 is 0. The second kappa shape index (κ2) is 7.62. The van der Waals surface area contributed by atoms with E-state index in [1.807, 2.05) is 30.3 Å². The summed E-state index contributed by atoms with van der Waals surface area (Å²) < 4.78 is 0. The first-order valence-corrected chi connectivity index (χ1v) is 10.1. The lowest BCUT2D eigenvalue weighted by atomic mass is 9.83. The van der Waals surface area contributed by atoms with Crippen LogP contribution in [-0.4, -0.2) is 37.0 Å². The van der Waals surface area contributed by atoms with Gasteiger partial charge >= 0.3 is 6.03 Å². The van der Waals surface area contributed by atoms with E-state index in [2.05, 4.69) is 25.6 Å². The maximum absolute atomic E-state index is 13.1. The van der Waals surface area contributed by atoms with Crippen molar-refractivity contribution in [3.05, 3.63) is 71.7 Å². The average molecular weight is 402 g/mol. The Morgan fingerprint density at radius 3 is 2.80 bits per heavy atom. The number of amides is 2. The number of benzene rings is 1. The van der Waals surface area contributed by atoms with Crippen LogP contribution in [0.15, 0.2) is 60.0 Å². The number of carbonyl (C=O) groups excluding carboxylic acids is 1. The highest BCUT2D eigenvalue weighted by Gasteiger charge is 2.35. The number of hydrogen-bond donors (Lipinski definition) is 3. The third kappa shape index (κ3) is 3.41. The summed E-state index contributed by atoms with van der Waals surface area (Å²) in [6, 6.07) is 11.8. The van der Waals surface area contributed by atoms with Crippen LogP contribution >= 0.6 is 0 Å². The van der Waals surface area contributed by atoms with Gasteiger partial charge in [0.25, 0.3) is 0 Å². The van der Waals surface area contributed by atoms with Crippen molar-refractivity contribution in [1.82, 2.24) is 20.2 Å². The van der Waals surface area contributed by atoms with Crippen molar-refractivity contribution in [2.24, 2.45) is 5.10 Å². The molecular weight excluding hydrogens is 380 g/mol. The second-order valence-corrected chi connectivity index (χ2v) is 7.68. The third-order valence-corrected chi connectivity index (χ3v) is 5.79. The fraction of sp³-hybridized carbons (Fsp3) is 0.273. The Hall–Kier alpha value is -3.68. The van der Waals surface area contributed by atoms with Gasteiger partial charge in [0, 0.05) is 47.6 Å². The van der Waals surface area contributed by atoms with Crippen LogP contribution in [0, 0.1) is 0 Å². The first-order chi connectivity index (χ1) is 14.7. The molecule has 3 aromatic rings. The summed E-state index contributed by atoms with van der Waals surface area (Å²) in [5.74, 6) is 1.11. The summed E-state index contributed by atoms with van der Waals surface area (Å²) in [6.07, 6.45) is 7.42. The standard InChI is InChI=1S/C22H22N6O2/c29-20-9-2-1-8-16(20)19-11-18(15-7-4-10-23-13-15)27-28(19)22(30)24-21-12-17(25-26-21)14-5-3-6-14/h1-2,4,7-10,12-14,19,29H,3,5-6,11H2,(H2,24,25,26,30). The smallest absolute Gasteiger partial charge is 0.344 e. The molecule has 1 aliphatic heterocycles. The molecule has 1 unspecified atom stereocenters. The van der Waals surface area contributed by atoms with Gasteiger partial charge in [-0.1, -0.05) is 30.7 Å². The number of nitrogens with zero attached hydrogens (tertiary/aromatic N) is 4. The van der Waals surface area contributed by atoms with Crippen molar-refractivity contribution in [2.75, 3.05) is 5.32 Å². The fourth-order valence-electron chi connectivity index (χ4n) is 3.91. The molecule has 0 saturated heterocycles. The minimum Gasteiger partial charge on any atom is -0.508 e. The van der Waals surface area contributed by atoms with E-state index in [9.17, 15) is 9.90 Å². The summed E-state index contributed by atoms with van der Waals surface area (Å²) in [5, 5.41) is 26.4. The predicted octanol–water partition coefficient (Wildman–Crippen LogP) is 4.16. The first kappa shape index (κ1) is 18.4. The second-order valence-electron chi connectivity index (χ2n) is 7.68. The molecule has 1 aromatic carbocycles. The number of anilines is 1. The van der Waals surface area contributed by atoms with E-state index in [0.29, 0.717) is 23.7 Å². The van der Waals surface area contributed by atoms with E-state index in [1.165, 1.54) is 11.4 Å².